The summed E-state index contributed by atoms with van der Waals surface area (Å²) in [5, 5.41) is 9.68. The van der Waals surface area contributed by atoms with Crippen molar-refractivity contribution >= 4 is 5.91 Å². The molecular formula is C21H33N3O2. The van der Waals surface area contributed by atoms with Gasteiger partial charge in [0, 0.05) is 38.8 Å². The number of likely N-dealkylation sites (tertiary alicyclic amines) is 1. The van der Waals surface area contributed by atoms with E-state index in [1.807, 2.05) is 4.90 Å². The van der Waals surface area contributed by atoms with Crippen molar-refractivity contribution in [2.75, 3.05) is 45.9 Å². The van der Waals surface area contributed by atoms with Gasteiger partial charge in [-0.25, -0.2) is 0 Å². The van der Waals surface area contributed by atoms with E-state index in [4.69, 9.17) is 0 Å². The molecule has 2 atom stereocenters. The third-order valence-corrected chi connectivity index (χ3v) is 5.97. The molecular weight excluding hydrogens is 326 g/mol. The average Bonchev–Trinajstić information content (AvgIpc) is 2.62. The van der Waals surface area contributed by atoms with Gasteiger partial charge in [-0.15, -0.1) is 0 Å². The highest BCUT2D eigenvalue weighted by atomic mass is 16.3. The fraction of sp³-hybridized carbons (Fsp3) is 0.667. The summed E-state index contributed by atoms with van der Waals surface area (Å²) in [4.78, 5) is 19.3. The van der Waals surface area contributed by atoms with Crippen molar-refractivity contribution in [3.8, 4) is 0 Å². The summed E-state index contributed by atoms with van der Waals surface area (Å²) in [6, 6.07) is 8.79. The first kappa shape index (κ1) is 19.3. The zero-order valence-electron chi connectivity index (χ0n) is 16.2. The van der Waals surface area contributed by atoms with Gasteiger partial charge in [0.25, 0.3) is 0 Å². The Morgan fingerprint density at radius 1 is 1.19 bits per heavy atom. The third-order valence-electron chi connectivity index (χ3n) is 5.97. The van der Waals surface area contributed by atoms with Crippen molar-refractivity contribution in [2.24, 2.45) is 5.92 Å². The average molecular weight is 360 g/mol. The second-order valence-corrected chi connectivity index (χ2v) is 7.99. The predicted octanol–water partition coefficient (Wildman–Crippen LogP) is 1.73. The van der Waals surface area contributed by atoms with Crippen LogP contribution in [-0.2, 0) is 11.3 Å². The monoisotopic (exact) mass is 359 g/mol. The molecule has 5 nitrogen and oxygen atoms in total. The Hall–Kier alpha value is -1.43. The Morgan fingerprint density at radius 3 is 2.65 bits per heavy atom. The summed E-state index contributed by atoms with van der Waals surface area (Å²) < 4.78 is 0. The minimum absolute atomic E-state index is 0.135. The van der Waals surface area contributed by atoms with Crippen LogP contribution in [0.1, 0.15) is 30.9 Å². The van der Waals surface area contributed by atoms with Crippen LogP contribution >= 0.6 is 0 Å². The smallest absolute Gasteiger partial charge is 0.236 e. The van der Waals surface area contributed by atoms with Crippen molar-refractivity contribution in [3.63, 3.8) is 0 Å². The molecule has 1 aromatic carbocycles. The van der Waals surface area contributed by atoms with E-state index in [9.17, 15) is 9.90 Å². The number of piperazine rings is 1. The second-order valence-electron chi connectivity index (χ2n) is 7.99. The lowest BCUT2D eigenvalue weighted by atomic mass is 9.91. The molecule has 0 spiro atoms. The highest BCUT2D eigenvalue weighted by Gasteiger charge is 2.31. The number of amides is 1. The highest BCUT2D eigenvalue weighted by molar-refractivity contribution is 5.78. The Morgan fingerprint density at radius 2 is 1.96 bits per heavy atom. The van der Waals surface area contributed by atoms with Crippen molar-refractivity contribution in [1.82, 2.24) is 14.7 Å². The molecule has 1 N–H and O–H groups in total. The molecule has 0 bridgehead atoms. The van der Waals surface area contributed by atoms with Gasteiger partial charge in [0.1, 0.15) is 0 Å². The van der Waals surface area contributed by atoms with Crippen LogP contribution in [0.5, 0.6) is 0 Å². The largest absolute Gasteiger partial charge is 0.395 e. The number of hydrogen-bond donors (Lipinski definition) is 1. The van der Waals surface area contributed by atoms with Gasteiger partial charge in [-0.05, 0) is 37.8 Å². The van der Waals surface area contributed by atoms with E-state index in [2.05, 4.69) is 47.9 Å². The number of aryl methyl sites for hydroxylation is 1. The minimum atomic E-state index is 0.135. The number of aliphatic hydroxyl groups is 1. The van der Waals surface area contributed by atoms with Crippen LogP contribution in [0.25, 0.3) is 0 Å². The van der Waals surface area contributed by atoms with Crippen molar-refractivity contribution in [3.05, 3.63) is 35.4 Å². The van der Waals surface area contributed by atoms with Gasteiger partial charge in [0.05, 0.1) is 13.2 Å². The van der Waals surface area contributed by atoms with Crippen LogP contribution in [0.3, 0.4) is 0 Å². The number of nitrogens with zero attached hydrogens (tertiary/aromatic N) is 3. The van der Waals surface area contributed by atoms with E-state index >= 15 is 0 Å². The van der Waals surface area contributed by atoms with Crippen LogP contribution in [0.2, 0.25) is 0 Å². The van der Waals surface area contributed by atoms with E-state index in [1.165, 1.54) is 11.1 Å². The van der Waals surface area contributed by atoms with Gasteiger partial charge in [0.15, 0.2) is 0 Å². The molecule has 2 fully saturated rings. The van der Waals surface area contributed by atoms with Crippen molar-refractivity contribution in [2.45, 2.75) is 39.3 Å². The molecule has 2 aliphatic heterocycles. The van der Waals surface area contributed by atoms with Gasteiger partial charge in [-0.3, -0.25) is 14.6 Å². The van der Waals surface area contributed by atoms with Gasteiger partial charge in [-0.1, -0.05) is 36.8 Å². The summed E-state index contributed by atoms with van der Waals surface area (Å²) in [6.07, 6.45) is 2.27. The zero-order valence-corrected chi connectivity index (χ0v) is 16.2. The Balaban J connectivity index is 1.47. The molecule has 1 aromatic rings. The number of rotatable bonds is 5. The molecule has 0 aliphatic carbocycles. The molecule has 3 rings (SSSR count). The molecule has 5 heteroatoms. The third kappa shape index (κ3) is 4.84. The number of hydrogen-bond acceptors (Lipinski definition) is 4. The summed E-state index contributed by atoms with van der Waals surface area (Å²) in [5.74, 6) is 0.681. The minimum Gasteiger partial charge on any atom is -0.395 e. The first-order chi connectivity index (χ1) is 12.6. The molecule has 2 heterocycles. The van der Waals surface area contributed by atoms with Crippen LogP contribution in [-0.4, -0.2) is 77.6 Å². The van der Waals surface area contributed by atoms with E-state index in [0.717, 1.165) is 52.1 Å². The van der Waals surface area contributed by atoms with E-state index in [-0.39, 0.29) is 18.6 Å². The summed E-state index contributed by atoms with van der Waals surface area (Å²) in [7, 11) is 0. The highest BCUT2D eigenvalue weighted by Crippen LogP contribution is 2.23. The first-order valence-electron chi connectivity index (χ1n) is 9.97. The summed E-state index contributed by atoms with van der Waals surface area (Å²) in [6.45, 7) is 10.3. The predicted molar refractivity (Wildman–Crippen MR) is 104 cm³/mol. The summed E-state index contributed by atoms with van der Waals surface area (Å²) >= 11 is 0. The maximum atomic E-state index is 12.7. The van der Waals surface area contributed by atoms with Crippen molar-refractivity contribution < 1.29 is 9.90 Å². The molecule has 144 valence electrons. The van der Waals surface area contributed by atoms with Crippen molar-refractivity contribution in [1.29, 1.82) is 0 Å². The van der Waals surface area contributed by atoms with Crippen LogP contribution in [0.15, 0.2) is 24.3 Å². The quantitative estimate of drug-likeness (QED) is 0.870. The van der Waals surface area contributed by atoms with Crippen LogP contribution in [0.4, 0.5) is 0 Å². The molecule has 0 radical (unpaired) electrons. The summed E-state index contributed by atoms with van der Waals surface area (Å²) in [5.41, 5.74) is 2.64. The van der Waals surface area contributed by atoms with E-state index in [0.29, 0.717) is 12.5 Å². The Bertz CT molecular complexity index is 599. The lowest BCUT2D eigenvalue weighted by molar-refractivity contribution is -0.135. The molecule has 26 heavy (non-hydrogen) atoms. The SMILES string of the molecule is Cc1cccc(CN2CCN(C(=O)CN3CCC[C@@H](C)[C@H]3CO)CC2)c1. The zero-order chi connectivity index (χ0) is 18.5. The topological polar surface area (TPSA) is 47.0 Å². The van der Waals surface area contributed by atoms with Gasteiger partial charge in [0.2, 0.25) is 5.91 Å². The normalized spacial score (nSPS) is 25.4. The van der Waals surface area contributed by atoms with E-state index in [1.54, 1.807) is 0 Å². The lowest BCUT2D eigenvalue weighted by Crippen LogP contribution is -2.54. The number of carbonyl (C=O) groups is 1. The number of carbonyl (C=O) groups excluding carboxylic acids is 1. The molecule has 2 saturated heterocycles. The molecule has 0 unspecified atom stereocenters. The fourth-order valence-electron chi connectivity index (χ4n) is 4.32. The second kappa shape index (κ2) is 8.98. The van der Waals surface area contributed by atoms with Crippen LogP contribution < -0.4 is 0 Å². The molecule has 0 aromatic heterocycles. The maximum absolute atomic E-state index is 12.7. The number of benzene rings is 1. The van der Waals surface area contributed by atoms with Gasteiger partial charge in [-0.2, -0.15) is 0 Å². The lowest BCUT2D eigenvalue weighted by Gasteiger charge is -2.40. The standard InChI is InChI=1S/C21H33N3O2/c1-17-5-3-7-19(13-17)14-22-9-11-23(12-10-22)21(26)15-24-8-4-6-18(2)20(24)16-25/h3,5,7,13,18,20,25H,4,6,8-12,14-16H2,1-2H3/t18-,20-/m1/s1. The fourth-order valence-corrected chi connectivity index (χ4v) is 4.32. The number of piperidine rings is 1. The molecule has 0 saturated carbocycles. The van der Waals surface area contributed by atoms with Crippen LogP contribution in [0, 0.1) is 12.8 Å². The Labute approximate surface area is 157 Å². The first-order valence-corrected chi connectivity index (χ1v) is 9.97. The molecule has 1 amide bonds. The number of aliphatic hydroxyl groups excluding tert-OH is 1. The Kier molecular flexibility index (Phi) is 6.68. The van der Waals surface area contributed by atoms with E-state index < -0.39 is 0 Å². The molecule has 2 aliphatic rings. The maximum Gasteiger partial charge on any atom is 0.236 e. The van der Waals surface area contributed by atoms with Gasteiger partial charge >= 0.3 is 0 Å². The van der Waals surface area contributed by atoms with Gasteiger partial charge < -0.3 is 10.0 Å².